The lowest BCUT2D eigenvalue weighted by molar-refractivity contribution is -0.115. The van der Waals surface area contributed by atoms with Crippen LogP contribution in [0, 0.1) is 0 Å². The highest BCUT2D eigenvalue weighted by atomic mass is 32.2. The van der Waals surface area contributed by atoms with Crippen molar-refractivity contribution in [2.75, 3.05) is 24.3 Å². The van der Waals surface area contributed by atoms with Crippen LogP contribution in [0.4, 0.5) is 5.69 Å². The van der Waals surface area contributed by atoms with Crippen molar-refractivity contribution in [1.82, 2.24) is 14.8 Å². The summed E-state index contributed by atoms with van der Waals surface area (Å²) >= 11 is 1.26. The fourth-order valence-corrected chi connectivity index (χ4v) is 3.45. The molecule has 24 heavy (non-hydrogen) atoms. The van der Waals surface area contributed by atoms with E-state index in [0.717, 1.165) is 25.1 Å². The standard InChI is InChI=1S/C16H20N4O3S/c1-19(12-6-3-2-4-7-12)14(21)11-24-16-18-17-15(22)20(16)10-13-8-5-9-23-13/h2-4,6-7,13H,5,8-11H2,1H3,(H,17,22). The second-order valence-electron chi connectivity index (χ2n) is 5.63. The topological polar surface area (TPSA) is 80.2 Å². The zero-order chi connectivity index (χ0) is 16.9. The average molecular weight is 348 g/mol. The number of anilines is 1. The molecule has 0 bridgehead atoms. The van der Waals surface area contributed by atoms with Crippen molar-refractivity contribution >= 4 is 23.4 Å². The minimum atomic E-state index is -0.267. The summed E-state index contributed by atoms with van der Waals surface area (Å²) < 4.78 is 7.12. The number of ether oxygens (including phenoxy) is 1. The molecule has 3 rings (SSSR count). The van der Waals surface area contributed by atoms with Crippen LogP contribution in [0.25, 0.3) is 0 Å². The van der Waals surface area contributed by atoms with Crippen molar-refractivity contribution in [3.63, 3.8) is 0 Å². The van der Waals surface area contributed by atoms with Gasteiger partial charge in [0.15, 0.2) is 5.16 Å². The van der Waals surface area contributed by atoms with Crippen molar-refractivity contribution in [2.45, 2.75) is 30.6 Å². The van der Waals surface area contributed by atoms with Gasteiger partial charge in [0.05, 0.1) is 18.4 Å². The smallest absolute Gasteiger partial charge is 0.344 e. The quantitative estimate of drug-likeness (QED) is 0.801. The van der Waals surface area contributed by atoms with Crippen LogP contribution >= 0.6 is 11.8 Å². The third-order valence-electron chi connectivity index (χ3n) is 3.98. The van der Waals surface area contributed by atoms with E-state index in [1.165, 1.54) is 11.8 Å². The van der Waals surface area contributed by atoms with Gasteiger partial charge in [0.25, 0.3) is 0 Å². The third kappa shape index (κ3) is 3.88. The number of para-hydroxylation sites is 1. The molecule has 1 aromatic carbocycles. The molecule has 0 spiro atoms. The Morgan fingerprint density at radius 2 is 2.25 bits per heavy atom. The summed E-state index contributed by atoms with van der Waals surface area (Å²) in [5.74, 6) is 0.159. The van der Waals surface area contributed by atoms with E-state index >= 15 is 0 Å². The Bertz CT molecular complexity index is 737. The maximum Gasteiger partial charge on any atom is 0.344 e. The third-order valence-corrected chi connectivity index (χ3v) is 4.94. The molecule has 0 aliphatic carbocycles. The van der Waals surface area contributed by atoms with E-state index in [4.69, 9.17) is 4.74 Å². The van der Waals surface area contributed by atoms with Crippen LogP contribution < -0.4 is 10.6 Å². The second-order valence-corrected chi connectivity index (χ2v) is 6.58. The van der Waals surface area contributed by atoms with Crippen LogP contribution in [0.3, 0.4) is 0 Å². The Labute approximate surface area is 144 Å². The number of aromatic nitrogens is 3. The molecule has 1 aliphatic rings. The Morgan fingerprint density at radius 1 is 1.46 bits per heavy atom. The lowest BCUT2D eigenvalue weighted by Crippen LogP contribution is -2.28. The maximum atomic E-state index is 12.3. The van der Waals surface area contributed by atoms with Gasteiger partial charge in [0.1, 0.15) is 0 Å². The number of carbonyl (C=O) groups is 1. The largest absolute Gasteiger partial charge is 0.376 e. The van der Waals surface area contributed by atoms with Gasteiger partial charge in [0, 0.05) is 19.3 Å². The summed E-state index contributed by atoms with van der Waals surface area (Å²) in [5, 5.41) is 6.99. The van der Waals surface area contributed by atoms with Gasteiger partial charge in [-0.2, -0.15) is 0 Å². The minimum Gasteiger partial charge on any atom is -0.376 e. The van der Waals surface area contributed by atoms with E-state index < -0.39 is 0 Å². The molecule has 1 aromatic heterocycles. The van der Waals surface area contributed by atoms with Crippen LogP contribution in [0.15, 0.2) is 40.3 Å². The van der Waals surface area contributed by atoms with Crippen molar-refractivity contribution in [3.8, 4) is 0 Å². The van der Waals surface area contributed by atoms with E-state index in [-0.39, 0.29) is 23.5 Å². The summed E-state index contributed by atoms with van der Waals surface area (Å²) in [6.45, 7) is 1.21. The van der Waals surface area contributed by atoms with Crippen LogP contribution in [-0.4, -0.2) is 46.2 Å². The molecule has 2 heterocycles. The van der Waals surface area contributed by atoms with Crippen LogP contribution in [-0.2, 0) is 16.1 Å². The molecule has 1 atom stereocenters. The summed E-state index contributed by atoms with van der Waals surface area (Å²) in [4.78, 5) is 25.8. The number of nitrogens with one attached hydrogen (secondary N) is 1. The number of H-pyrrole nitrogens is 1. The first kappa shape index (κ1) is 16.8. The first-order valence-corrected chi connectivity index (χ1v) is 8.85. The van der Waals surface area contributed by atoms with Gasteiger partial charge in [-0.3, -0.25) is 9.36 Å². The first-order chi connectivity index (χ1) is 11.6. The molecule has 8 heteroatoms. The molecular weight excluding hydrogens is 328 g/mol. The van der Waals surface area contributed by atoms with Crippen LogP contribution in [0.2, 0.25) is 0 Å². The number of rotatable bonds is 6. The number of hydrogen-bond donors (Lipinski definition) is 1. The molecule has 1 aliphatic heterocycles. The van der Waals surface area contributed by atoms with E-state index in [2.05, 4.69) is 10.2 Å². The number of thioether (sulfide) groups is 1. The van der Waals surface area contributed by atoms with Gasteiger partial charge >= 0.3 is 5.69 Å². The zero-order valence-corrected chi connectivity index (χ0v) is 14.3. The van der Waals surface area contributed by atoms with Crippen molar-refractivity contribution in [3.05, 3.63) is 40.8 Å². The fraction of sp³-hybridized carbons (Fsp3) is 0.438. The number of aromatic amines is 1. The molecule has 7 nitrogen and oxygen atoms in total. The zero-order valence-electron chi connectivity index (χ0n) is 13.5. The SMILES string of the molecule is CN(C(=O)CSc1n[nH]c(=O)n1CC1CCCO1)c1ccccc1. The molecule has 0 saturated carbocycles. The van der Waals surface area contributed by atoms with Gasteiger partial charge in [-0.15, -0.1) is 5.10 Å². The van der Waals surface area contributed by atoms with Gasteiger partial charge in [-0.25, -0.2) is 9.89 Å². The monoisotopic (exact) mass is 348 g/mol. The van der Waals surface area contributed by atoms with Gasteiger partial charge in [-0.1, -0.05) is 30.0 Å². The Balaban J connectivity index is 1.62. The number of amides is 1. The normalized spacial score (nSPS) is 17.1. The molecule has 1 unspecified atom stereocenters. The lowest BCUT2D eigenvalue weighted by atomic mass is 10.2. The molecule has 1 saturated heterocycles. The second kappa shape index (κ2) is 7.67. The molecule has 1 fully saturated rings. The predicted octanol–water partition coefficient (Wildman–Crippen LogP) is 1.51. The van der Waals surface area contributed by atoms with Crippen molar-refractivity contribution in [2.24, 2.45) is 0 Å². The molecule has 0 radical (unpaired) electrons. The van der Waals surface area contributed by atoms with Gasteiger partial charge < -0.3 is 9.64 Å². The highest BCUT2D eigenvalue weighted by molar-refractivity contribution is 7.99. The molecule has 128 valence electrons. The number of carbonyl (C=O) groups excluding carboxylic acids is 1. The maximum absolute atomic E-state index is 12.3. The molecule has 2 aromatic rings. The number of nitrogens with zero attached hydrogens (tertiary/aromatic N) is 3. The van der Waals surface area contributed by atoms with Crippen molar-refractivity contribution in [1.29, 1.82) is 0 Å². The Hall–Kier alpha value is -2.06. The summed E-state index contributed by atoms with van der Waals surface area (Å²) in [6.07, 6.45) is 2.00. The van der Waals surface area contributed by atoms with Crippen molar-refractivity contribution < 1.29 is 9.53 Å². The average Bonchev–Trinajstić information content (AvgIpc) is 3.24. The molecule has 1 N–H and O–H groups in total. The predicted molar refractivity (Wildman–Crippen MR) is 92.4 cm³/mol. The number of benzene rings is 1. The molecule has 1 amide bonds. The van der Waals surface area contributed by atoms with Crippen LogP contribution in [0.5, 0.6) is 0 Å². The molecular formula is C16H20N4O3S. The highest BCUT2D eigenvalue weighted by Crippen LogP contribution is 2.19. The van der Waals surface area contributed by atoms with E-state index in [0.29, 0.717) is 11.7 Å². The van der Waals surface area contributed by atoms with E-state index in [1.807, 2.05) is 30.3 Å². The summed E-state index contributed by atoms with van der Waals surface area (Å²) in [5.41, 5.74) is 0.568. The highest BCUT2D eigenvalue weighted by Gasteiger charge is 2.20. The van der Waals surface area contributed by atoms with Crippen LogP contribution in [0.1, 0.15) is 12.8 Å². The van der Waals surface area contributed by atoms with E-state index in [9.17, 15) is 9.59 Å². The Kier molecular flexibility index (Phi) is 5.37. The first-order valence-electron chi connectivity index (χ1n) is 7.86. The van der Waals surface area contributed by atoms with Gasteiger partial charge in [0.2, 0.25) is 5.91 Å². The van der Waals surface area contributed by atoms with Gasteiger partial charge in [-0.05, 0) is 25.0 Å². The fourth-order valence-electron chi connectivity index (χ4n) is 2.59. The minimum absolute atomic E-state index is 0.0438. The van der Waals surface area contributed by atoms with E-state index in [1.54, 1.807) is 16.5 Å². The summed E-state index contributed by atoms with van der Waals surface area (Å²) in [6, 6.07) is 9.44. The Morgan fingerprint density at radius 3 is 2.96 bits per heavy atom. The lowest BCUT2D eigenvalue weighted by Gasteiger charge is -2.17. The number of hydrogen-bond acceptors (Lipinski definition) is 5. The summed E-state index contributed by atoms with van der Waals surface area (Å²) in [7, 11) is 1.74.